The van der Waals surface area contributed by atoms with Gasteiger partial charge in [0.1, 0.15) is 0 Å². The van der Waals surface area contributed by atoms with E-state index in [2.05, 4.69) is 4.72 Å². The standard InChI is InChI=1S/C12H17N3O5S/c1-20-12-5-4-9(6-11(12)15(16)17)21(18,19)14-7-10(13)8-2-3-8/h4-6,8,10,14H,2-3,7,13H2,1H3. The van der Waals surface area contributed by atoms with E-state index < -0.39 is 20.6 Å². The Morgan fingerprint density at radius 2 is 2.19 bits per heavy atom. The number of ether oxygens (including phenoxy) is 1. The zero-order valence-corrected chi connectivity index (χ0v) is 12.3. The summed E-state index contributed by atoms with van der Waals surface area (Å²) in [7, 11) is -2.55. The second-order valence-electron chi connectivity index (χ2n) is 4.94. The van der Waals surface area contributed by atoms with E-state index in [9.17, 15) is 18.5 Å². The number of nitrogens with one attached hydrogen (secondary N) is 1. The van der Waals surface area contributed by atoms with Crippen LogP contribution in [-0.4, -0.2) is 33.0 Å². The van der Waals surface area contributed by atoms with Gasteiger partial charge in [-0.15, -0.1) is 0 Å². The van der Waals surface area contributed by atoms with E-state index in [0.717, 1.165) is 18.9 Å². The predicted octanol–water partition coefficient (Wildman–Crippen LogP) is 0.619. The number of hydrogen-bond donors (Lipinski definition) is 2. The highest BCUT2D eigenvalue weighted by atomic mass is 32.2. The third-order valence-corrected chi connectivity index (χ3v) is 4.82. The van der Waals surface area contributed by atoms with Gasteiger partial charge in [-0.25, -0.2) is 13.1 Å². The van der Waals surface area contributed by atoms with Gasteiger partial charge >= 0.3 is 5.69 Å². The summed E-state index contributed by atoms with van der Waals surface area (Å²) in [5, 5.41) is 10.9. The molecule has 2 rings (SSSR count). The van der Waals surface area contributed by atoms with Crippen LogP contribution in [0.25, 0.3) is 0 Å². The van der Waals surface area contributed by atoms with Gasteiger partial charge in [-0.05, 0) is 30.9 Å². The minimum Gasteiger partial charge on any atom is -0.490 e. The van der Waals surface area contributed by atoms with E-state index in [1.807, 2.05) is 0 Å². The Morgan fingerprint density at radius 3 is 2.71 bits per heavy atom. The Labute approximate surface area is 122 Å². The number of nitrogens with zero attached hydrogens (tertiary/aromatic N) is 1. The van der Waals surface area contributed by atoms with Gasteiger partial charge in [0.05, 0.1) is 16.9 Å². The summed E-state index contributed by atoms with van der Waals surface area (Å²) in [4.78, 5) is 10.0. The van der Waals surface area contributed by atoms with Crippen LogP contribution in [0.4, 0.5) is 5.69 Å². The van der Waals surface area contributed by atoms with Crippen molar-refractivity contribution in [3.8, 4) is 5.75 Å². The minimum atomic E-state index is -3.83. The molecule has 0 saturated heterocycles. The van der Waals surface area contributed by atoms with Crippen molar-refractivity contribution in [3.63, 3.8) is 0 Å². The molecule has 0 spiro atoms. The smallest absolute Gasteiger partial charge is 0.312 e. The number of benzene rings is 1. The maximum Gasteiger partial charge on any atom is 0.312 e. The van der Waals surface area contributed by atoms with Gasteiger partial charge in [0, 0.05) is 18.7 Å². The van der Waals surface area contributed by atoms with Crippen molar-refractivity contribution in [2.75, 3.05) is 13.7 Å². The fourth-order valence-electron chi connectivity index (χ4n) is 1.96. The number of rotatable bonds is 7. The lowest BCUT2D eigenvalue weighted by Gasteiger charge is -2.12. The minimum absolute atomic E-state index is 0.00799. The number of sulfonamides is 1. The molecule has 1 saturated carbocycles. The van der Waals surface area contributed by atoms with Gasteiger partial charge in [0.2, 0.25) is 10.0 Å². The molecule has 0 amide bonds. The molecule has 0 aliphatic heterocycles. The molecule has 1 aliphatic rings. The number of nitro benzene ring substituents is 1. The Balaban J connectivity index is 2.18. The quantitative estimate of drug-likeness (QED) is 0.561. The van der Waals surface area contributed by atoms with E-state index in [4.69, 9.17) is 10.5 Å². The lowest BCUT2D eigenvalue weighted by molar-refractivity contribution is -0.386. The van der Waals surface area contributed by atoms with Crippen molar-refractivity contribution >= 4 is 15.7 Å². The summed E-state index contributed by atoms with van der Waals surface area (Å²) >= 11 is 0. The maximum atomic E-state index is 12.1. The summed E-state index contributed by atoms with van der Waals surface area (Å²) in [5.41, 5.74) is 5.44. The van der Waals surface area contributed by atoms with Gasteiger partial charge in [-0.2, -0.15) is 0 Å². The molecular formula is C12H17N3O5S. The summed E-state index contributed by atoms with van der Waals surface area (Å²) in [6.07, 6.45) is 2.02. The first-order valence-corrected chi connectivity index (χ1v) is 7.91. The molecule has 1 fully saturated rings. The van der Waals surface area contributed by atoms with Crippen molar-refractivity contribution in [1.29, 1.82) is 0 Å². The summed E-state index contributed by atoms with van der Waals surface area (Å²) in [6.45, 7) is 0.118. The third kappa shape index (κ3) is 3.69. The SMILES string of the molecule is COc1ccc(S(=O)(=O)NCC(N)C2CC2)cc1[N+](=O)[O-]. The number of nitro groups is 1. The number of hydrogen-bond acceptors (Lipinski definition) is 6. The van der Waals surface area contributed by atoms with Crippen molar-refractivity contribution in [1.82, 2.24) is 4.72 Å². The Kier molecular flexibility index (Phi) is 4.45. The summed E-state index contributed by atoms with van der Waals surface area (Å²) < 4.78 is 31.5. The lowest BCUT2D eigenvalue weighted by atomic mass is 10.2. The Morgan fingerprint density at radius 1 is 1.52 bits per heavy atom. The normalized spacial score (nSPS) is 16.5. The maximum absolute atomic E-state index is 12.1. The van der Waals surface area contributed by atoms with Gasteiger partial charge in [-0.1, -0.05) is 0 Å². The van der Waals surface area contributed by atoms with Crippen LogP contribution in [0.5, 0.6) is 5.75 Å². The Hall–Kier alpha value is -1.71. The molecule has 116 valence electrons. The summed E-state index contributed by atoms with van der Waals surface area (Å²) in [5.74, 6) is 0.367. The van der Waals surface area contributed by atoms with Gasteiger partial charge in [-0.3, -0.25) is 10.1 Å². The van der Waals surface area contributed by atoms with Crippen LogP contribution in [0.1, 0.15) is 12.8 Å². The lowest BCUT2D eigenvalue weighted by Crippen LogP contribution is -2.38. The van der Waals surface area contributed by atoms with Crippen LogP contribution >= 0.6 is 0 Å². The molecule has 3 N–H and O–H groups in total. The Bertz CT molecular complexity index is 642. The zero-order valence-electron chi connectivity index (χ0n) is 11.5. The molecule has 9 heteroatoms. The van der Waals surface area contributed by atoms with E-state index in [0.29, 0.717) is 5.92 Å². The van der Waals surface area contributed by atoms with Crippen LogP contribution < -0.4 is 15.2 Å². The molecule has 1 aliphatic carbocycles. The second kappa shape index (κ2) is 5.96. The average Bonchev–Trinajstić information content (AvgIpc) is 3.28. The highest BCUT2D eigenvalue weighted by Gasteiger charge is 2.30. The average molecular weight is 315 g/mol. The highest BCUT2D eigenvalue weighted by molar-refractivity contribution is 7.89. The van der Waals surface area contributed by atoms with Crippen LogP contribution in [0.3, 0.4) is 0 Å². The number of nitrogens with two attached hydrogens (primary N) is 1. The van der Waals surface area contributed by atoms with Crippen LogP contribution in [0.2, 0.25) is 0 Å². The molecule has 0 radical (unpaired) electrons. The van der Waals surface area contributed by atoms with E-state index in [1.165, 1.54) is 19.2 Å². The first-order chi connectivity index (χ1) is 9.85. The summed E-state index contributed by atoms with van der Waals surface area (Å²) in [6, 6.07) is 3.27. The van der Waals surface area contributed by atoms with Crippen LogP contribution in [-0.2, 0) is 10.0 Å². The molecule has 1 unspecified atom stereocenters. The second-order valence-corrected chi connectivity index (χ2v) is 6.71. The van der Waals surface area contributed by atoms with Crippen LogP contribution in [0.15, 0.2) is 23.1 Å². The molecule has 0 bridgehead atoms. The van der Waals surface area contributed by atoms with E-state index in [-0.39, 0.29) is 23.2 Å². The molecule has 0 heterocycles. The van der Waals surface area contributed by atoms with Crippen LogP contribution in [0, 0.1) is 16.0 Å². The van der Waals surface area contributed by atoms with Crippen molar-refractivity contribution in [2.24, 2.45) is 11.7 Å². The molecule has 1 atom stereocenters. The topological polar surface area (TPSA) is 125 Å². The zero-order chi connectivity index (χ0) is 15.6. The monoisotopic (exact) mass is 315 g/mol. The molecule has 1 aromatic carbocycles. The van der Waals surface area contributed by atoms with Crippen molar-refractivity contribution in [2.45, 2.75) is 23.8 Å². The predicted molar refractivity (Wildman–Crippen MR) is 75.5 cm³/mol. The van der Waals surface area contributed by atoms with Crippen molar-refractivity contribution in [3.05, 3.63) is 28.3 Å². The molecule has 21 heavy (non-hydrogen) atoms. The first-order valence-electron chi connectivity index (χ1n) is 6.43. The number of methoxy groups -OCH3 is 1. The third-order valence-electron chi connectivity index (χ3n) is 3.39. The largest absolute Gasteiger partial charge is 0.490 e. The highest BCUT2D eigenvalue weighted by Crippen LogP contribution is 2.32. The molecule has 8 nitrogen and oxygen atoms in total. The molecule has 0 aromatic heterocycles. The molecular weight excluding hydrogens is 298 g/mol. The van der Waals surface area contributed by atoms with Gasteiger partial charge < -0.3 is 10.5 Å². The fourth-order valence-corrected chi connectivity index (χ4v) is 3.05. The van der Waals surface area contributed by atoms with E-state index in [1.54, 1.807) is 0 Å². The fraction of sp³-hybridized carbons (Fsp3) is 0.500. The van der Waals surface area contributed by atoms with Gasteiger partial charge in [0.15, 0.2) is 5.75 Å². The first kappa shape index (κ1) is 15.7. The molecule has 1 aromatic rings. The van der Waals surface area contributed by atoms with E-state index >= 15 is 0 Å². The van der Waals surface area contributed by atoms with Crippen molar-refractivity contribution < 1.29 is 18.1 Å². The van der Waals surface area contributed by atoms with Gasteiger partial charge in [0.25, 0.3) is 0 Å².